The summed E-state index contributed by atoms with van der Waals surface area (Å²) in [6.07, 6.45) is 3.32. The molecule has 1 aromatic rings. The van der Waals surface area contributed by atoms with Crippen molar-refractivity contribution in [2.24, 2.45) is 10.8 Å². The molecule has 0 aromatic heterocycles. The van der Waals surface area contributed by atoms with Crippen LogP contribution in [-0.4, -0.2) is 32.2 Å². The van der Waals surface area contributed by atoms with Crippen LogP contribution in [0.3, 0.4) is 0 Å². The molecule has 5 nitrogen and oxygen atoms in total. The third-order valence-corrected chi connectivity index (χ3v) is 5.65. The average Bonchev–Trinajstić information content (AvgIpc) is 2.74. The molecule has 2 bridgehead atoms. The molecule has 24 heavy (non-hydrogen) atoms. The summed E-state index contributed by atoms with van der Waals surface area (Å²) in [5, 5.41) is 0. The van der Waals surface area contributed by atoms with Gasteiger partial charge in [-0.25, -0.2) is 4.72 Å². The molecule has 2 aliphatic rings. The van der Waals surface area contributed by atoms with E-state index in [1.54, 1.807) is 24.3 Å². The topological polar surface area (TPSA) is 72.5 Å². The molecule has 0 radical (unpaired) electrons. The summed E-state index contributed by atoms with van der Waals surface area (Å²) in [7, 11) is 0. The van der Waals surface area contributed by atoms with Crippen LogP contribution in [-0.2, 0) is 17.8 Å². The molecule has 1 N–H and O–H groups in total. The fourth-order valence-corrected chi connectivity index (χ4v) is 5.06. The van der Waals surface area contributed by atoms with E-state index in [4.69, 9.17) is 0 Å². The van der Waals surface area contributed by atoms with Gasteiger partial charge in [-0.1, -0.05) is 32.9 Å². The van der Waals surface area contributed by atoms with Crippen LogP contribution < -0.4 is 4.72 Å². The molecule has 1 amide bonds. The lowest BCUT2D eigenvalue weighted by molar-refractivity contribution is 0.0708. The van der Waals surface area contributed by atoms with E-state index in [1.807, 2.05) is 0 Å². The van der Waals surface area contributed by atoms with E-state index in [1.165, 1.54) is 0 Å². The van der Waals surface area contributed by atoms with Gasteiger partial charge in [0.1, 0.15) is 0 Å². The Morgan fingerprint density at radius 1 is 1.29 bits per heavy atom. The highest BCUT2D eigenvalue weighted by molar-refractivity contribution is 7.77. The van der Waals surface area contributed by atoms with Gasteiger partial charge < -0.3 is 9.45 Å². The number of benzene rings is 1. The average molecular weight is 349 g/mol. The third-order valence-electron chi connectivity index (χ3n) is 5.27. The van der Waals surface area contributed by atoms with Gasteiger partial charge in [-0.05, 0) is 47.8 Å². The van der Waals surface area contributed by atoms with Crippen LogP contribution in [0.25, 0.3) is 0 Å². The van der Waals surface area contributed by atoms with E-state index < -0.39 is 11.3 Å². The number of rotatable bonds is 4. The normalized spacial score (nSPS) is 29.5. The molecular weight excluding hydrogens is 324 g/mol. The van der Waals surface area contributed by atoms with Gasteiger partial charge in [-0.2, -0.15) is 0 Å². The van der Waals surface area contributed by atoms with Crippen LogP contribution in [0, 0.1) is 10.8 Å². The minimum atomic E-state index is -2.27. The van der Waals surface area contributed by atoms with E-state index in [9.17, 15) is 13.6 Å². The molecule has 1 aliphatic carbocycles. The summed E-state index contributed by atoms with van der Waals surface area (Å²) in [4.78, 5) is 15.0. The van der Waals surface area contributed by atoms with E-state index in [2.05, 4.69) is 30.4 Å². The Bertz CT molecular complexity index is 659. The van der Waals surface area contributed by atoms with Gasteiger partial charge in [0, 0.05) is 36.0 Å². The Morgan fingerprint density at radius 2 is 1.96 bits per heavy atom. The first kappa shape index (κ1) is 17.6. The summed E-state index contributed by atoms with van der Waals surface area (Å²) < 4.78 is 23.4. The molecule has 3 rings (SSSR count). The second kappa shape index (κ2) is 6.24. The van der Waals surface area contributed by atoms with Crippen LogP contribution >= 0.6 is 0 Å². The lowest BCUT2D eigenvalue weighted by atomic mass is 9.65. The standard InChI is InChI=1S/C18H26N2O3S/c1-17(2)8-15-9-18(3,11-17)12-20(15)16(21)14-6-4-13(5-7-14)10-19-24(22)23/h4-7,15,19H,8-12H2,1-3H3,(H,22,23)/p-1. The van der Waals surface area contributed by atoms with Crippen LogP contribution in [0.5, 0.6) is 0 Å². The summed E-state index contributed by atoms with van der Waals surface area (Å²) in [6, 6.07) is 7.53. The maximum atomic E-state index is 12.9. The fraction of sp³-hybridized carbons (Fsp3) is 0.611. The van der Waals surface area contributed by atoms with Crippen molar-refractivity contribution in [2.45, 2.75) is 52.6 Å². The number of carbonyl (C=O) groups is 1. The molecule has 3 unspecified atom stereocenters. The van der Waals surface area contributed by atoms with Gasteiger partial charge in [0.25, 0.3) is 5.91 Å². The molecule has 0 spiro atoms. The zero-order valence-electron chi connectivity index (χ0n) is 14.5. The largest absolute Gasteiger partial charge is 0.760 e. The zero-order chi connectivity index (χ0) is 17.5. The molecule has 1 aromatic carbocycles. The number of hydrogen-bond donors (Lipinski definition) is 1. The first-order valence-electron chi connectivity index (χ1n) is 8.40. The minimum absolute atomic E-state index is 0.0911. The van der Waals surface area contributed by atoms with Crippen molar-refractivity contribution in [3.8, 4) is 0 Å². The van der Waals surface area contributed by atoms with Gasteiger partial charge in [0.05, 0.1) is 0 Å². The number of hydrogen-bond acceptors (Lipinski definition) is 3. The van der Waals surface area contributed by atoms with Crippen molar-refractivity contribution in [3.63, 3.8) is 0 Å². The Labute approximate surface area is 146 Å². The lowest BCUT2D eigenvalue weighted by Crippen LogP contribution is -2.37. The predicted octanol–water partition coefficient (Wildman–Crippen LogP) is 2.61. The summed E-state index contributed by atoms with van der Waals surface area (Å²) in [6.45, 7) is 7.97. The molecule has 6 heteroatoms. The second-order valence-electron chi connectivity index (χ2n) is 8.40. The highest BCUT2D eigenvalue weighted by atomic mass is 32.2. The SMILES string of the molecule is CC1(C)CC2CC(C)(CN2C(=O)c2ccc(CNS(=O)[O-])cc2)C1. The van der Waals surface area contributed by atoms with Crippen molar-refractivity contribution < 1.29 is 13.6 Å². The van der Waals surface area contributed by atoms with Crippen molar-refractivity contribution >= 4 is 17.2 Å². The van der Waals surface area contributed by atoms with Crippen molar-refractivity contribution in [1.29, 1.82) is 0 Å². The molecule has 1 aliphatic heterocycles. The fourth-order valence-electron chi connectivity index (χ4n) is 4.77. The Kier molecular flexibility index (Phi) is 4.57. The molecular formula is C18H25N2O3S-. The summed E-state index contributed by atoms with van der Waals surface area (Å²) in [5.41, 5.74) is 2.03. The number of nitrogens with zero attached hydrogens (tertiary/aromatic N) is 1. The van der Waals surface area contributed by atoms with Crippen LogP contribution in [0.2, 0.25) is 0 Å². The van der Waals surface area contributed by atoms with Crippen LogP contribution in [0.4, 0.5) is 0 Å². The molecule has 132 valence electrons. The summed E-state index contributed by atoms with van der Waals surface area (Å²) in [5.74, 6) is 0.0911. The van der Waals surface area contributed by atoms with E-state index in [0.717, 1.165) is 31.4 Å². The molecule has 1 saturated heterocycles. The minimum Gasteiger partial charge on any atom is -0.760 e. The van der Waals surface area contributed by atoms with Gasteiger partial charge in [-0.15, -0.1) is 0 Å². The van der Waals surface area contributed by atoms with E-state index >= 15 is 0 Å². The first-order valence-corrected chi connectivity index (χ1v) is 9.48. The van der Waals surface area contributed by atoms with Gasteiger partial charge in [0.2, 0.25) is 0 Å². The quantitative estimate of drug-likeness (QED) is 0.849. The highest BCUT2D eigenvalue weighted by Crippen LogP contribution is 2.52. The van der Waals surface area contributed by atoms with Crippen LogP contribution in [0.1, 0.15) is 56.0 Å². The first-order chi connectivity index (χ1) is 11.2. The Balaban J connectivity index is 1.72. The summed E-state index contributed by atoms with van der Waals surface area (Å²) >= 11 is -2.27. The number of likely N-dealkylation sites (tertiary alicyclic amines) is 1. The number of amides is 1. The maximum absolute atomic E-state index is 12.9. The molecule has 3 atom stereocenters. The Hall–Kier alpha value is -1.24. The van der Waals surface area contributed by atoms with Crippen molar-refractivity contribution in [3.05, 3.63) is 35.4 Å². The predicted molar refractivity (Wildman–Crippen MR) is 92.8 cm³/mol. The number of nitrogens with one attached hydrogen (secondary N) is 1. The lowest BCUT2D eigenvalue weighted by Gasteiger charge is -2.39. The molecule has 1 heterocycles. The second-order valence-corrected chi connectivity index (χ2v) is 9.16. The zero-order valence-corrected chi connectivity index (χ0v) is 15.3. The third kappa shape index (κ3) is 3.71. The monoisotopic (exact) mass is 349 g/mol. The smallest absolute Gasteiger partial charge is 0.254 e. The van der Waals surface area contributed by atoms with Gasteiger partial charge >= 0.3 is 0 Å². The highest BCUT2D eigenvalue weighted by Gasteiger charge is 2.50. The van der Waals surface area contributed by atoms with Gasteiger partial charge in [-0.3, -0.25) is 9.00 Å². The molecule has 2 fully saturated rings. The van der Waals surface area contributed by atoms with Crippen LogP contribution in [0.15, 0.2) is 24.3 Å². The number of fused-ring (bicyclic) bond motifs is 2. The van der Waals surface area contributed by atoms with E-state index in [-0.39, 0.29) is 23.3 Å². The van der Waals surface area contributed by atoms with Crippen molar-refractivity contribution in [2.75, 3.05) is 6.54 Å². The van der Waals surface area contributed by atoms with Crippen molar-refractivity contribution in [1.82, 2.24) is 9.62 Å². The Morgan fingerprint density at radius 3 is 2.58 bits per heavy atom. The number of carbonyl (C=O) groups excluding carboxylic acids is 1. The van der Waals surface area contributed by atoms with E-state index in [0.29, 0.717) is 11.6 Å². The molecule has 1 saturated carbocycles. The maximum Gasteiger partial charge on any atom is 0.254 e. The van der Waals surface area contributed by atoms with Gasteiger partial charge in [0.15, 0.2) is 0 Å².